The first-order valence-electron chi connectivity index (χ1n) is 6.82. The second kappa shape index (κ2) is 7.75. The van der Waals surface area contributed by atoms with Crippen LogP contribution in [0.3, 0.4) is 0 Å². The molecule has 1 aromatic carbocycles. The van der Waals surface area contributed by atoms with Gasteiger partial charge in [-0.1, -0.05) is 13.8 Å². The van der Waals surface area contributed by atoms with E-state index in [1.807, 2.05) is 25.1 Å². The maximum absolute atomic E-state index is 11.0. The van der Waals surface area contributed by atoms with Gasteiger partial charge in [-0.2, -0.15) is 0 Å². The van der Waals surface area contributed by atoms with Crippen LogP contribution in [0.1, 0.15) is 25.8 Å². The van der Waals surface area contributed by atoms with Gasteiger partial charge in [0.25, 0.3) is 0 Å². The standard InChI is InChI=1S/C15H24N2O3/c1-4-12(16)7-11-8-13(19-3)5-6-14(11)20-9-10(2)15(17)18/h5-6,8,10,12H,4,7,9,16H2,1-3H3,(H2,17,18). The molecular formula is C15H24N2O3. The fraction of sp³-hybridized carbons (Fsp3) is 0.533. The topological polar surface area (TPSA) is 87.6 Å². The van der Waals surface area contributed by atoms with Crippen LogP contribution in [-0.2, 0) is 11.2 Å². The molecule has 4 N–H and O–H groups in total. The molecule has 0 radical (unpaired) electrons. The SMILES string of the molecule is CCC(N)Cc1cc(OC)ccc1OCC(C)C(N)=O. The highest BCUT2D eigenvalue weighted by molar-refractivity contribution is 5.76. The molecule has 2 unspecified atom stereocenters. The van der Waals surface area contributed by atoms with Crippen LogP contribution >= 0.6 is 0 Å². The fourth-order valence-electron chi connectivity index (χ4n) is 1.71. The number of carbonyl (C=O) groups is 1. The van der Waals surface area contributed by atoms with E-state index >= 15 is 0 Å². The first-order valence-corrected chi connectivity index (χ1v) is 6.82. The van der Waals surface area contributed by atoms with Crippen molar-refractivity contribution in [2.24, 2.45) is 17.4 Å². The average molecular weight is 280 g/mol. The van der Waals surface area contributed by atoms with E-state index in [4.69, 9.17) is 20.9 Å². The molecule has 0 aliphatic carbocycles. The summed E-state index contributed by atoms with van der Waals surface area (Å²) in [5, 5.41) is 0. The van der Waals surface area contributed by atoms with Crippen molar-refractivity contribution in [1.82, 2.24) is 0 Å². The van der Waals surface area contributed by atoms with Gasteiger partial charge in [-0.05, 0) is 36.6 Å². The molecule has 0 bridgehead atoms. The number of nitrogens with two attached hydrogens (primary N) is 2. The first kappa shape index (κ1) is 16.3. The van der Waals surface area contributed by atoms with E-state index in [2.05, 4.69) is 0 Å². The maximum Gasteiger partial charge on any atom is 0.223 e. The highest BCUT2D eigenvalue weighted by Gasteiger charge is 2.13. The predicted octanol–water partition coefficient (Wildman–Crippen LogP) is 1.48. The Morgan fingerprint density at radius 1 is 1.40 bits per heavy atom. The van der Waals surface area contributed by atoms with Crippen molar-refractivity contribution in [2.75, 3.05) is 13.7 Å². The third kappa shape index (κ3) is 4.74. The van der Waals surface area contributed by atoms with Crippen LogP contribution in [0.5, 0.6) is 11.5 Å². The van der Waals surface area contributed by atoms with Crippen LogP contribution in [0.25, 0.3) is 0 Å². The summed E-state index contributed by atoms with van der Waals surface area (Å²) >= 11 is 0. The highest BCUT2D eigenvalue weighted by Crippen LogP contribution is 2.26. The van der Waals surface area contributed by atoms with Crippen LogP contribution < -0.4 is 20.9 Å². The molecule has 0 spiro atoms. The van der Waals surface area contributed by atoms with E-state index in [0.717, 1.165) is 23.5 Å². The summed E-state index contributed by atoms with van der Waals surface area (Å²) in [5.74, 6) is 0.788. The van der Waals surface area contributed by atoms with E-state index in [9.17, 15) is 4.79 Å². The third-order valence-corrected chi connectivity index (χ3v) is 3.25. The summed E-state index contributed by atoms with van der Waals surface area (Å²) in [6.45, 7) is 4.04. The lowest BCUT2D eigenvalue weighted by Crippen LogP contribution is -2.26. The van der Waals surface area contributed by atoms with Gasteiger partial charge < -0.3 is 20.9 Å². The highest BCUT2D eigenvalue weighted by atomic mass is 16.5. The predicted molar refractivity (Wildman–Crippen MR) is 78.8 cm³/mol. The van der Waals surface area contributed by atoms with Crippen molar-refractivity contribution in [2.45, 2.75) is 32.7 Å². The largest absolute Gasteiger partial charge is 0.497 e. The van der Waals surface area contributed by atoms with Crippen LogP contribution in [-0.4, -0.2) is 25.7 Å². The first-order chi connectivity index (χ1) is 9.47. The molecule has 5 nitrogen and oxygen atoms in total. The van der Waals surface area contributed by atoms with E-state index in [1.165, 1.54) is 0 Å². The number of ether oxygens (including phenoxy) is 2. The van der Waals surface area contributed by atoms with E-state index in [1.54, 1.807) is 14.0 Å². The van der Waals surface area contributed by atoms with Gasteiger partial charge in [-0.25, -0.2) is 0 Å². The summed E-state index contributed by atoms with van der Waals surface area (Å²) in [6, 6.07) is 5.65. The Labute approximate surface area is 120 Å². The lowest BCUT2D eigenvalue weighted by atomic mass is 10.0. The Bertz CT molecular complexity index is 449. The molecule has 5 heteroatoms. The fourth-order valence-corrected chi connectivity index (χ4v) is 1.71. The molecule has 0 saturated carbocycles. The van der Waals surface area contributed by atoms with Crippen LogP contribution in [0.15, 0.2) is 18.2 Å². The van der Waals surface area contributed by atoms with E-state index in [-0.39, 0.29) is 24.5 Å². The molecule has 1 rings (SSSR count). The van der Waals surface area contributed by atoms with Crippen molar-refractivity contribution in [3.05, 3.63) is 23.8 Å². The van der Waals surface area contributed by atoms with Gasteiger partial charge in [-0.3, -0.25) is 4.79 Å². The van der Waals surface area contributed by atoms with Crippen LogP contribution in [0.2, 0.25) is 0 Å². The Hall–Kier alpha value is -1.75. The van der Waals surface area contributed by atoms with Gasteiger partial charge in [0.2, 0.25) is 5.91 Å². The van der Waals surface area contributed by atoms with Crippen LogP contribution in [0.4, 0.5) is 0 Å². The Balaban J connectivity index is 2.84. The zero-order valence-electron chi connectivity index (χ0n) is 12.4. The average Bonchev–Trinajstić information content (AvgIpc) is 2.44. The van der Waals surface area contributed by atoms with Gasteiger partial charge in [0.05, 0.1) is 19.6 Å². The number of hydrogen-bond donors (Lipinski definition) is 2. The molecule has 0 heterocycles. The number of rotatable bonds is 8. The molecule has 1 aromatic rings. The van der Waals surface area contributed by atoms with Crippen molar-refractivity contribution < 1.29 is 14.3 Å². The second-order valence-electron chi connectivity index (χ2n) is 4.96. The van der Waals surface area contributed by atoms with Gasteiger partial charge in [0.15, 0.2) is 0 Å². The molecule has 0 aromatic heterocycles. The Morgan fingerprint density at radius 2 is 2.10 bits per heavy atom. The lowest BCUT2D eigenvalue weighted by Gasteiger charge is -2.17. The smallest absolute Gasteiger partial charge is 0.223 e. The minimum absolute atomic E-state index is 0.0676. The van der Waals surface area contributed by atoms with E-state index < -0.39 is 0 Å². The zero-order chi connectivity index (χ0) is 15.1. The molecule has 2 atom stereocenters. The van der Waals surface area contributed by atoms with Gasteiger partial charge in [0, 0.05) is 6.04 Å². The van der Waals surface area contributed by atoms with Gasteiger partial charge >= 0.3 is 0 Å². The maximum atomic E-state index is 11.0. The lowest BCUT2D eigenvalue weighted by molar-refractivity contribution is -0.122. The number of amides is 1. The quantitative estimate of drug-likeness (QED) is 0.755. The summed E-state index contributed by atoms with van der Waals surface area (Å²) in [4.78, 5) is 11.0. The number of carbonyl (C=O) groups excluding carboxylic acids is 1. The summed E-state index contributed by atoms with van der Waals surface area (Å²) in [5.41, 5.74) is 12.2. The minimum atomic E-state index is -0.370. The van der Waals surface area contributed by atoms with Crippen molar-refractivity contribution in [3.63, 3.8) is 0 Å². The molecular weight excluding hydrogens is 256 g/mol. The van der Waals surface area contributed by atoms with Gasteiger partial charge in [0.1, 0.15) is 11.5 Å². The normalized spacial score (nSPS) is 13.6. The molecule has 20 heavy (non-hydrogen) atoms. The minimum Gasteiger partial charge on any atom is -0.497 e. The molecule has 0 aliphatic heterocycles. The van der Waals surface area contributed by atoms with Crippen molar-refractivity contribution >= 4 is 5.91 Å². The van der Waals surface area contributed by atoms with Gasteiger partial charge in [-0.15, -0.1) is 0 Å². The van der Waals surface area contributed by atoms with Crippen molar-refractivity contribution in [1.29, 1.82) is 0 Å². The Kier molecular flexibility index (Phi) is 6.31. The second-order valence-corrected chi connectivity index (χ2v) is 4.96. The molecule has 0 aliphatic rings. The number of primary amides is 1. The molecule has 0 saturated heterocycles. The molecule has 0 fully saturated rings. The summed E-state index contributed by atoms with van der Waals surface area (Å²) in [7, 11) is 1.62. The third-order valence-electron chi connectivity index (χ3n) is 3.25. The number of methoxy groups -OCH3 is 1. The summed E-state index contributed by atoms with van der Waals surface area (Å²) < 4.78 is 10.9. The van der Waals surface area contributed by atoms with Crippen LogP contribution in [0, 0.1) is 5.92 Å². The zero-order valence-corrected chi connectivity index (χ0v) is 12.4. The summed E-state index contributed by atoms with van der Waals surface area (Å²) in [6.07, 6.45) is 1.59. The number of benzene rings is 1. The number of hydrogen-bond acceptors (Lipinski definition) is 4. The molecule has 1 amide bonds. The van der Waals surface area contributed by atoms with E-state index in [0.29, 0.717) is 6.42 Å². The monoisotopic (exact) mass is 280 g/mol. The van der Waals surface area contributed by atoms with Crippen molar-refractivity contribution in [3.8, 4) is 11.5 Å². The Morgan fingerprint density at radius 3 is 2.65 bits per heavy atom. The molecule has 112 valence electrons.